The summed E-state index contributed by atoms with van der Waals surface area (Å²) in [7, 11) is 4.72. The molecule has 5 nitrogen and oxygen atoms in total. The Morgan fingerprint density at radius 1 is 1.46 bits per heavy atom. The average molecular weight is 189 g/mol. The molecule has 3 atom stereocenters. The Hall–Kier alpha value is -0.650. The third-order valence-corrected chi connectivity index (χ3v) is 2.31. The number of hydrogen-bond acceptors (Lipinski definition) is 5. The molecule has 13 heavy (non-hydrogen) atoms. The normalized spacial score (nSPS) is 34.9. The molecule has 76 valence electrons. The average Bonchev–Trinajstić information content (AvgIpc) is 2.43. The highest BCUT2D eigenvalue weighted by molar-refractivity contribution is 5.75. The summed E-state index contributed by atoms with van der Waals surface area (Å²) >= 11 is 0. The quantitative estimate of drug-likeness (QED) is 0.563. The SMILES string of the molecule is COC(=O)C1OC(OC)N(C)[C@H]1C. The third-order valence-electron chi connectivity index (χ3n) is 2.31. The maximum absolute atomic E-state index is 11.2. The second-order valence-electron chi connectivity index (χ2n) is 3.03. The maximum atomic E-state index is 11.2. The van der Waals surface area contributed by atoms with Gasteiger partial charge in [0.25, 0.3) is 0 Å². The van der Waals surface area contributed by atoms with E-state index in [0.717, 1.165) is 0 Å². The third kappa shape index (κ3) is 1.82. The molecule has 0 aromatic rings. The number of rotatable bonds is 2. The summed E-state index contributed by atoms with van der Waals surface area (Å²) in [6.45, 7) is 1.89. The number of methoxy groups -OCH3 is 2. The topological polar surface area (TPSA) is 48.0 Å². The summed E-state index contributed by atoms with van der Waals surface area (Å²) < 4.78 is 14.9. The fourth-order valence-electron chi connectivity index (χ4n) is 1.33. The van der Waals surface area contributed by atoms with Crippen molar-refractivity contribution >= 4 is 5.97 Å². The molecule has 0 N–H and O–H groups in total. The van der Waals surface area contributed by atoms with Crippen molar-refractivity contribution in [1.82, 2.24) is 4.90 Å². The lowest BCUT2D eigenvalue weighted by Crippen LogP contribution is -2.36. The van der Waals surface area contributed by atoms with Crippen LogP contribution in [0.25, 0.3) is 0 Å². The van der Waals surface area contributed by atoms with Crippen molar-refractivity contribution in [2.45, 2.75) is 25.5 Å². The Morgan fingerprint density at radius 2 is 2.08 bits per heavy atom. The van der Waals surface area contributed by atoms with Crippen LogP contribution in [0.15, 0.2) is 0 Å². The van der Waals surface area contributed by atoms with Crippen molar-refractivity contribution < 1.29 is 19.0 Å². The maximum Gasteiger partial charge on any atom is 0.336 e. The minimum absolute atomic E-state index is 0.0302. The molecule has 0 spiro atoms. The zero-order valence-electron chi connectivity index (χ0n) is 8.31. The van der Waals surface area contributed by atoms with E-state index in [2.05, 4.69) is 4.74 Å². The van der Waals surface area contributed by atoms with Crippen molar-refractivity contribution in [3.63, 3.8) is 0 Å². The van der Waals surface area contributed by atoms with Gasteiger partial charge < -0.3 is 14.2 Å². The van der Waals surface area contributed by atoms with Crippen LogP contribution in [0.2, 0.25) is 0 Å². The first-order valence-electron chi connectivity index (χ1n) is 4.09. The number of ether oxygens (including phenoxy) is 3. The zero-order valence-corrected chi connectivity index (χ0v) is 8.31. The van der Waals surface area contributed by atoms with Gasteiger partial charge in [-0.2, -0.15) is 0 Å². The largest absolute Gasteiger partial charge is 0.467 e. The molecule has 0 aromatic carbocycles. The summed E-state index contributed by atoms with van der Waals surface area (Å²) in [5.74, 6) is -0.362. The van der Waals surface area contributed by atoms with Crippen LogP contribution >= 0.6 is 0 Å². The molecule has 0 saturated carbocycles. The molecule has 1 heterocycles. The van der Waals surface area contributed by atoms with Crippen LogP contribution in [-0.4, -0.2) is 50.7 Å². The summed E-state index contributed by atoms with van der Waals surface area (Å²) in [4.78, 5) is 13.0. The molecule has 2 unspecified atom stereocenters. The van der Waals surface area contributed by atoms with Crippen LogP contribution in [0.3, 0.4) is 0 Å². The first-order chi connectivity index (χ1) is 6.11. The molecule has 0 bridgehead atoms. The molecule has 0 aliphatic carbocycles. The van der Waals surface area contributed by atoms with Crippen molar-refractivity contribution in [2.24, 2.45) is 0 Å². The number of hydrogen-bond donors (Lipinski definition) is 0. The van der Waals surface area contributed by atoms with Gasteiger partial charge in [-0.1, -0.05) is 0 Å². The molecule has 0 aromatic heterocycles. The van der Waals surface area contributed by atoms with Crippen LogP contribution in [0.5, 0.6) is 0 Å². The van der Waals surface area contributed by atoms with Gasteiger partial charge in [0.05, 0.1) is 7.11 Å². The van der Waals surface area contributed by atoms with Gasteiger partial charge in [0.1, 0.15) is 0 Å². The number of likely N-dealkylation sites (N-methyl/N-ethyl adjacent to an activating group) is 1. The predicted octanol–water partition coefficient (Wildman–Crippen LogP) is -0.192. The number of esters is 1. The minimum Gasteiger partial charge on any atom is -0.467 e. The van der Waals surface area contributed by atoms with Crippen molar-refractivity contribution in [1.29, 1.82) is 0 Å². The molecule has 0 amide bonds. The highest BCUT2D eigenvalue weighted by atomic mass is 16.7. The van der Waals surface area contributed by atoms with E-state index in [4.69, 9.17) is 9.47 Å². The second-order valence-corrected chi connectivity index (χ2v) is 3.03. The predicted molar refractivity (Wildman–Crippen MR) is 44.9 cm³/mol. The summed E-state index contributed by atoms with van der Waals surface area (Å²) in [5.41, 5.74) is 0. The smallest absolute Gasteiger partial charge is 0.336 e. The van der Waals surface area contributed by atoms with Crippen LogP contribution in [0.4, 0.5) is 0 Å². The van der Waals surface area contributed by atoms with Gasteiger partial charge >= 0.3 is 5.97 Å². The fraction of sp³-hybridized carbons (Fsp3) is 0.875. The standard InChI is InChI=1S/C8H15NO4/c1-5-6(7(10)11-3)13-8(12-4)9(5)2/h5-6,8H,1-4H3/t5-,6?,8?/m0/s1. The van der Waals surface area contributed by atoms with E-state index in [1.165, 1.54) is 14.2 Å². The van der Waals surface area contributed by atoms with E-state index < -0.39 is 12.5 Å². The van der Waals surface area contributed by atoms with Crippen LogP contribution < -0.4 is 0 Å². The van der Waals surface area contributed by atoms with E-state index in [0.29, 0.717) is 0 Å². The van der Waals surface area contributed by atoms with Crippen molar-refractivity contribution in [3.05, 3.63) is 0 Å². The van der Waals surface area contributed by atoms with E-state index in [1.807, 2.05) is 18.9 Å². The minimum atomic E-state index is -0.556. The summed E-state index contributed by atoms with van der Waals surface area (Å²) in [5, 5.41) is 0. The summed E-state index contributed by atoms with van der Waals surface area (Å²) in [6, 6.07) is -0.0302. The Bertz CT molecular complexity index is 197. The molecule has 1 rings (SSSR count). The van der Waals surface area contributed by atoms with E-state index in [1.54, 1.807) is 0 Å². The van der Waals surface area contributed by atoms with Crippen molar-refractivity contribution in [3.8, 4) is 0 Å². The highest BCUT2D eigenvalue weighted by Gasteiger charge is 2.42. The lowest BCUT2D eigenvalue weighted by atomic mass is 10.2. The number of carbonyl (C=O) groups excluding carboxylic acids is 1. The molecule has 1 aliphatic heterocycles. The van der Waals surface area contributed by atoms with Gasteiger partial charge in [-0.15, -0.1) is 0 Å². The molecule has 5 heteroatoms. The Kier molecular flexibility index (Phi) is 3.24. The number of carbonyl (C=O) groups is 1. The Balaban J connectivity index is 2.65. The van der Waals surface area contributed by atoms with E-state index in [9.17, 15) is 4.79 Å². The van der Waals surface area contributed by atoms with Gasteiger partial charge in [-0.05, 0) is 14.0 Å². The van der Waals surface area contributed by atoms with Gasteiger partial charge in [0.15, 0.2) is 6.10 Å². The van der Waals surface area contributed by atoms with Crippen LogP contribution in [0.1, 0.15) is 6.92 Å². The van der Waals surface area contributed by atoms with Crippen molar-refractivity contribution in [2.75, 3.05) is 21.3 Å². The highest BCUT2D eigenvalue weighted by Crippen LogP contribution is 2.22. The first-order valence-corrected chi connectivity index (χ1v) is 4.09. The van der Waals surface area contributed by atoms with Gasteiger partial charge in [0.2, 0.25) is 6.41 Å². The fourth-order valence-corrected chi connectivity index (χ4v) is 1.33. The molecule has 1 aliphatic rings. The van der Waals surface area contributed by atoms with Gasteiger partial charge in [0, 0.05) is 13.2 Å². The molecule has 0 radical (unpaired) electrons. The zero-order chi connectivity index (χ0) is 10.0. The monoisotopic (exact) mass is 189 g/mol. The summed E-state index contributed by atoms with van der Waals surface area (Å²) in [6.07, 6.45) is -1.01. The van der Waals surface area contributed by atoms with Gasteiger partial charge in [-0.25, -0.2) is 4.79 Å². The molecule has 1 saturated heterocycles. The lowest BCUT2D eigenvalue weighted by Gasteiger charge is -2.18. The second kappa shape index (κ2) is 4.04. The number of nitrogens with zero attached hydrogens (tertiary/aromatic N) is 1. The van der Waals surface area contributed by atoms with Crippen LogP contribution in [-0.2, 0) is 19.0 Å². The van der Waals surface area contributed by atoms with Gasteiger partial charge in [-0.3, -0.25) is 4.90 Å². The molecule has 1 fully saturated rings. The molecular weight excluding hydrogens is 174 g/mol. The van der Waals surface area contributed by atoms with Crippen LogP contribution in [0, 0.1) is 0 Å². The lowest BCUT2D eigenvalue weighted by molar-refractivity contribution is -0.182. The first kappa shape index (κ1) is 10.4. The van der Waals surface area contributed by atoms with E-state index in [-0.39, 0.29) is 12.0 Å². The molecular formula is C8H15NO4. The Morgan fingerprint density at radius 3 is 2.46 bits per heavy atom. The Labute approximate surface area is 77.6 Å². The van der Waals surface area contributed by atoms with E-state index >= 15 is 0 Å².